The van der Waals surface area contributed by atoms with Crippen molar-refractivity contribution in [1.29, 1.82) is 0 Å². The van der Waals surface area contributed by atoms with Gasteiger partial charge in [0.1, 0.15) is 12.7 Å². The number of unbranched alkanes of at least 4 members (excludes halogenated alkanes) is 28. The lowest BCUT2D eigenvalue weighted by molar-refractivity contribution is -0.150. The normalized spacial score (nSPS) is 12.5. The summed E-state index contributed by atoms with van der Waals surface area (Å²) in [6.07, 6.45) is 52.3. The Kier molecular flexibility index (Phi) is 44.0. The van der Waals surface area contributed by atoms with E-state index in [1.165, 1.54) is 186 Å². The van der Waals surface area contributed by atoms with Gasteiger partial charge in [-0.1, -0.05) is 186 Å². The molecule has 0 amide bonds. The summed E-state index contributed by atoms with van der Waals surface area (Å²) in [7, 11) is 0. The molecule has 0 aromatic carbocycles. The molecule has 0 aliphatic carbocycles. The molecule has 302 valence electrons. The second-order valence-electron chi connectivity index (χ2n) is 15.3. The SMILES string of the molecule is CCCCCCCC/C=C\CCCCCCCCOCC(COC(=O)CCCCCCC)OCCCCCCCC/C=C\CCCCCCCC. The summed E-state index contributed by atoms with van der Waals surface area (Å²) in [6.45, 7) is 9.09. The van der Waals surface area contributed by atoms with Gasteiger partial charge >= 0.3 is 5.97 Å². The van der Waals surface area contributed by atoms with Crippen molar-refractivity contribution in [2.45, 2.75) is 245 Å². The molecule has 0 aromatic heterocycles. The lowest BCUT2D eigenvalue weighted by Gasteiger charge is -2.18. The molecule has 0 saturated heterocycles. The first kappa shape index (κ1) is 49.9. The highest BCUT2D eigenvalue weighted by Gasteiger charge is 2.13. The fraction of sp³-hybridized carbons (Fsp3) is 0.894. The first-order chi connectivity index (χ1) is 25.2. The maximum atomic E-state index is 12.3. The molecule has 0 fully saturated rings. The first-order valence-corrected chi connectivity index (χ1v) is 22.9. The van der Waals surface area contributed by atoms with Crippen LogP contribution in [0.4, 0.5) is 0 Å². The lowest BCUT2D eigenvalue weighted by atomic mass is 10.1. The number of hydrogen-bond donors (Lipinski definition) is 0. The van der Waals surface area contributed by atoms with Crippen LogP contribution in [0.3, 0.4) is 0 Å². The molecule has 0 heterocycles. The van der Waals surface area contributed by atoms with Gasteiger partial charge in [0.15, 0.2) is 0 Å². The molecule has 0 N–H and O–H groups in total. The van der Waals surface area contributed by atoms with Crippen LogP contribution in [-0.4, -0.2) is 38.5 Å². The zero-order valence-electron chi connectivity index (χ0n) is 34.9. The minimum Gasteiger partial charge on any atom is -0.463 e. The van der Waals surface area contributed by atoms with E-state index in [2.05, 4.69) is 45.1 Å². The van der Waals surface area contributed by atoms with Gasteiger partial charge in [0.25, 0.3) is 0 Å². The maximum Gasteiger partial charge on any atom is 0.305 e. The van der Waals surface area contributed by atoms with E-state index in [1.807, 2.05) is 0 Å². The summed E-state index contributed by atoms with van der Waals surface area (Å²) in [6, 6.07) is 0. The van der Waals surface area contributed by atoms with Gasteiger partial charge in [0, 0.05) is 19.6 Å². The Balaban J connectivity index is 3.97. The number of carbonyl (C=O) groups excluding carboxylic acids is 1. The monoisotopic (exact) mass is 719 g/mol. The van der Waals surface area contributed by atoms with Gasteiger partial charge in [-0.2, -0.15) is 0 Å². The average Bonchev–Trinajstić information content (AvgIpc) is 3.14. The van der Waals surface area contributed by atoms with Crippen molar-refractivity contribution in [3.8, 4) is 0 Å². The van der Waals surface area contributed by atoms with Crippen LogP contribution in [0, 0.1) is 0 Å². The highest BCUT2D eigenvalue weighted by molar-refractivity contribution is 5.69. The Morgan fingerprint density at radius 2 is 0.765 bits per heavy atom. The molecule has 1 atom stereocenters. The molecule has 0 aromatic rings. The van der Waals surface area contributed by atoms with Gasteiger partial charge in [-0.25, -0.2) is 0 Å². The fourth-order valence-corrected chi connectivity index (χ4v) is 6.54. The Morgan fingerprint density at radius 1 is 0.412 bits per heavy atom. The summed E-state index contributed by atoms with van der Waals surface area (Å²) in [4.78, 5) is 12.3. The van der Waals surface area contributed by atoms with E-state index in [9.17, 15) is 4.79 Å². The van der Waals surface area contributed by atoms with E-state index < -0.39 is 0 Å². The molecule has 4 nitrogen and oxygen atoms in total. The number of esters is 1. The minimum atomic E-state index is -0.161. The van der Waals surface area contributed by atoms with E-state index in [0.717, 1.165) is 38.9 Å². The molecule has 4 heteroatoms. The largest absolute Gasteiger partial charge is 0.463 e. The van der Waals surface area contributed by atoms with Crippen molar-refractivity contribution >= 4 is 5.97 Å². The third kappa shape index (κ3) is 43.2. The van der Waals surface area contributed by atoms with Gasteiger partial charge < -0.3 is 14.2 Å². The quantitative estimate of drug-likeness (QED) is 0.0358. The van der Waals surface area contributed by atoms with Gasteiger partial charge in [-0.3, -0.25) is 4.79 Å². The van der Waals surface area contributed by atoms with Crippen LogP contribution in [0.2, 0.25) is 0 Å². The second-order valence-corrected chi connectivity index (χ2v) is 15.3. The molecular weight excluding hydrogens is 629 g/mol. The standard InChI is InChI=1S/C47H90O4/c1-4-7-10-13-15-17-19-21-23-25-27-29-31-33-36-39-42-49-44-46(45-51-47(48)41-38-35-12-9-6-3)50-43-40-37-34-32-30-28-26-24-22-20-18-16-14-11-8-5-2/h21-24,46H,4-20,25-45H2,1-3H3/b23-21-,24-22-. The van der Waals surface area contributed by atoms with Gasteiger partial charge in [-0.15, -0.1) is 0 Å². The van der Waals surface area contributed by atoms with Crippen LogP contribution >= 0.6 is 0 Å². The molecular formula is C47H90O4. The van der Waals surface area contributed by atoms with Gasteiger partial charge in [0.2, 0.25) is 0 Å². The summed E-state index contributed by atoms with van der Waals surface area (Å²) in [5.74, 6) is -0.0920. The summed E-state index contributed by atoms with van der Waals surface area (Å²) in [5.41, 5.74) is 0. The molecule has 0 bridgehead atoms. The van der Waals surface area contributed by atoms with Crippen molar-refractivity contribution in [2.75, 3.05) is 26.4 Å². The molecule has 0 aliphatic heterocycles. The van der Waals surface area contributed by atoms with E-state index in [1.54, 1.807) is 0 Å². The number of hydrogen-bond acceptors (Lipinski definition) is 4. The molecule has 0 aliphatic rings. The first-order valence-electron chi connectivity index (χ1n) is 22.9. The zero-order chi connectivity index (χ0) is 37.0. The molecule has 0 spiro atoms. The van der Waals surface area contributed by atoms with E-state index in [4.69, 9.17) is 14.2 Å². The predicted molar refractivity (Wildman–Crippen MR) is 224 cm³/mol. The summed E-state index contributed by atoms with van der Waals surface area (Å²) < 4.78 is 17.8. The molecule has 51 heavy (non-hydrogen) atoms. The molecule has 0 radical (unpaired) electrons. The third-order valence-corrected chi connectivity index (χ3v) is 10.0. The smallest absolute Gasteiger partial charge is 0.305 e. The summed E-state index contributed by atoms with van der Waals surface area (Å²) in [5, 5.41) is 0. The van der Waals surface area contributed by atoms with E-state index in [0.29, 0.717) is 19.6 Å². The van der Waals surface area contributed by atoms with Crippen LogP contribution in [0.15, 0.2) is 24.3 Å². The maximum absolute atomic E-state index is 12.3. The Morgan fingerprint density at radius 3 is 1.20 bits per heavy atom. The topological polar surface area (TPSA) is 44.8 Å². The number of rotatable bonds is 43. The molecule has 0 saturated carbocycles. The number of allylic oxidation sites excluding steroid dienone is 4. The van der Waals surface area contributed by atoms with Crippen molar-refractivity contribution in [3.63, 3.8) is 0 Å². The molecule has 0 rings (SSSR count). The number of carbonyl (C=O) groups is 1. The Labute approximate surface area is 320 Å². The highest BCUT2D eigenvalue weighted by atomic mass is 16.6. The van der Waals surface area contributed by atoms with Gasteiger partial charge in [0.05, 0.1) is 6.61 Å². The van der Waals surface area contributed by atoms with Crippen molar-refractivity contribution < 1.29 is 19.0 Å². The van der Waals surface area contributed by atoms with Crippen LogP contribution in [0.1, 0.15) is 239 Å². The predicted octanol–water partition coefficient (Wildman–Crippen LogP) is 15.4. The van der Waals surface area contributed by atoms with Crippen molar-refractivity contribution in [1.82, 2.24) is 0 Å². The van der Waals surface area contributed by atoms with Crippen LogP contribution in [-0.2, 0) is 19.0 Å². The minimum absolute atomic E-state index is 0.0920. The zero-order valence-corrected chi connectivity index (χ0v) is 34.9. The van der Waals surface area contributed by atoms with E-state index in [-0.39, 0.29) is 12.1 Å². The van der Waals surface area contributed by atoms with Crippen molar-refractivity contribution in [2.24, 2.45) is 0 Å². The Hall–Kier alpha value is -1.13. The summed E-state index contributed by atoms with van der Waals surface area (Å²) >= 11 is 0. The van der Waals surface area contributed by atoms with Crippen LogP contribution < -0.4 is 0 Å². The third-order valence-electron chi connectivity index (χ3n) is 10.0. The average molecular weight is 719 g/mol. The highest BCUT2D eigenvalue weighted by Crippen LogP contribution is 2.13. The number of ether oxygens (including phenoxy) is 3. The van der Waals surface area contributed by atoms with E-state index >= 15 is 0 Å². The fourth-order valence-electron chi connectivity index (χ4n) is 6.54. The van der Waals surface area contributed by atoms with Crippen molar-refractivity contribution in [3.05, 3.63) is 24.3 Å². The Bertz CT molecular complexity index is 717. The molecule has 1 unspecified atom stereocenters. The lowest BCUT2D eigenvalue weighted by Crippen LogP contribution is -2.28. The second kappa shape index (κ2) is 45.0. The van der Waals surface area contributed by atoms with Gasteiger partial charge in [-0.05, 0) is 70.6 Å². The van der Waals surface area contributed by atoms with Crippen LogP contribution in [0.25, 0.3) is 0 Å². The van der Waals surface area contributed by atoms with Crippen LogP contribution in [0.5, 0.6) is 0 Å².